The molecule has 1 fully saturated rings. The second kappa shape index (κ2) is 9.01. The molecule has 2 amide bonds. The van der Waals surface area contributed by atoms with E-state index in [-0.39, 0.29) is 11.8 Å². The first kappa shape index (κ1) is 20.1. The Bertz CT molecular complexity index is 823. The predicted molar refractivity (Wildman–Crippen MR) is 109 cm³/mol. The molecule has 7 nitrogen and oxygen atoms in total. The van der Waals surface area contributed by atoms with Crippen molar-refractivity contribution in [1.82, 2.24) is 24.9 Å². The minimum atomic E-state index is 0.0206. The van der Waals surface area contributed by atoms with Crippen molar-refractivity contribution >= 4 is 11.8 Å². The first-order valence-electron chi connectivity index (χ1n) is 9.91. The summed E-state index contributed by atoms with van der Waals surface area (Å²) < 4.78 is 1.83. The highest BCUT2D eigenvalue weighted by molar-refractivity contribution is 5.96. The molecule has 28 heavy (non-hydrogen) atoms. The third kappa shape index (κ3) is 4.42. The monoisotopic (exact) mass is 383 g/mol. The van der Waals surface area contributed by atoms with Gasteiger partial charge in [-0.3, -0.25) is 14.5 Å². The molecule has 1 aliphatic rings. The van der Waals surface area contributed by atoms with E-state index in [1.165, 1.54) is 0 Å². The Balaban J connectivity index is 1.64. The normalized spacial score (nSPS) is 14.9. The summed E-state index contributed by atoms with van der Waals surface area (Å²) in [6.45, 7) is 9.61. The van der Waals surface area contributed by atoms with Gasteiger partial charge in [0.1, 0.15) is 0 Å². The molecule has 0 bridgehead atoms. The summed E-state index contributed by atoms with van der Waals surface area (Å²) in [5.74, 6) is 0.0738. The highest BCUT2D eigenvalue weighted by Crippen LogP contribution is 2.20. The summed E-state index contributed by atoms with van der Waals surface area (Å²) in [6, 6.07) is 9.85. The maximum absolute atomic E-state index is 13.1. The predicted octanol–water partition coefficient (Wildman–Crippen LogP) is 1.77. The van der Waals surface area contributed by atoms with Gasteiger partial charge in [0.05, 0.1) is 29.2 Å². The van der Waals surface area contributed by atoms with Crippen molar-refractivity contribution in [2.75, 3.05) is 39.3 Å². The Morgan fingerprint density at radius 1 is 1.07 bits per heavy atom. The quantitative estimate of drug-likeness (QED) is 0.825. The summed E-state index contributed by atoms with van der Waals surface area (Å²) in [4.78, 5) is 29.0. The molecular weight excluding hydrogens is 354 g/mol. The number of hydrogen-bond donors (Lipinski definition) is 1. The van der Waals surface area contributed by atoms with Crippen LogP contribution in [0, 0.1) is 13.8 Å². The molecule has 0 spiro atoms. The van der Waals surface area contributed by atoms with Gasteiger partial charge in [0.15, 0.2) is 0 Å². The summed E-state index contributed by atoms with van der Waals surface area (Å²) in [5.41, 5.74) is 3.23. The van der Waals surface area contributed by atoms with Gasteiger partial charge in [-0.1, -0.05) is 25.1 Å². The largest absolute Gasteiger partial charge is 0.355 e. The Labute approximate surface area is 166 Å². The third-order valence-electron chi connectivity index (χ3n) is 5.10. The molecule has 0 atom stereocenters. The van der Waals surface area contributed by atoms with Crippen LogP contribution in [-0.4, -0.2) is 70.7 Å². The highest BCUT2D eigenvalue weighted by atomic mass is 16.2. The molecule has 1 N–H and O–H groups in total. The van der Waals surface area contributed by atoms with E-state index >= 15 is 0 Å². The van der Waals surface area contributed by atoms with E-state index in [2.05, 4.69) is 15.3 Å². The summed E-state index contributed by atoms with van der Waals surface area (Å²) in [6.07, 6.45) is 0.934. The summed E-state index contributed by atoms with van der Waals surface area (Å²) >= 11 is 0. The Kier molecular flexibility index (Phi) is 6.46. The lowest BCUT2D eigenvalue weighted by Crippen LogP contribution is -2.51. The topological polar surface area (TPSA) is 70.5 Å². The van der Waals surface area contributed by atoms with Crippen LogP contribution >= 0.6 is 0 Å². The van der Waals surface area contributed by atoms with Gasteiger partial charge in [-0.2, -0.15) is 5.10 Å². The molecule has 1 aromatic carbocycles. The molecule has 2 heterocycles. The van der Waals surface area contributed by atoms with E-state index in [9.17, 15) is 9.59 Å². The summed E-state index contributed by atoms with van der Waals surface area (Å²) in [7, 11) is 0. The van der Waals surface area contributed by atoms with Crippen LogP contribution in [0.5, 0.6) is 0 Å². The maximum Gasteiger partial charge on any atom is 0.257 e. The average molecular weight is 383 g/mol. The number of carbonyl (C=O) groups is 2. The van der Waals surface area contributed by atoms with Gasteiger partial charge in [0, 0.05) is 32.7 Å². The second-order valence-electron chi connectivity index (χ2n) is 7.21. The number of amides is 2. The van der Waals surface area contributed by atoms with Gasteiger partial charge in [-0.15, -0.1) is 0 Å². The number of aromatic nitrogens is 2. The van der Waals surface area contributed by atoms with E-state index in [1.54, 1.807) is 0 Å². The Hall–Kier alpha value is -2.67. The maximum atomic E-state index is 13.1. The number of benzene rings is 1. The van der Waals surface area contributed by atoms with Crippen molar-refractivity contribution in [3.05, 3.63) is 47.3 Å². The molecule has 0 aliphatic carbocycles. The van der Waals surface area contributed by atoms with Crippen LogP contribution < -0.4 is 5.32 Å². The number of nitrogens with zero attached hydrogens (tertiary/aromatic N) is 4. The lowest BCUT2D eigenvalue weighted by Gasteiger charge is -2.34. The first-order valence-corrected chi connectivity index (χ1v) is 9.91. The van der Waals surface area contributed by atoms with Gasteiger partial charge >= 0.3 is 0 Å². The van der Waals surface area contributed by atoms with E-state index in [1.807, 2.05) is 60.7 Å². The van der Waals surface area contributed by atoms with Crippen molar-refractivity contribution in [1.29, 1.82) is 0 Å². The van der Waals surface area contributed by atoms with Gasteiger partial charge in [-0.05, 0) is 32.4 Å². The Morgan fingerprint density at radius 3 is 2.39 bits per heavy atom. The molecule has 0 unspecified atom stereocenters. The van der Waals surface area contributed by atoms with E-state index in [0.717, 1.165) is 23.5 Å². The minimum absolute atomic E-state index is 0.0206. The van der Waals surface area contributed by atoms with Crippen LogP contribution in [-0.2, 0) is 4.79 Å². The van der Waals surface area contributed by atoms with E-state index in [0.29, 0.717) is 44.8 Å². The van der Waals surface area contributed by atoms with Crippen molar-refractivity contribution in [3.8, 4) is 5.69 Å². The molecule has 1 aliphatic heterocycles. The molecule has 7 heteroatoms. The molecular formula is C21H29N5O2. The number of carbonyl (C=O) groups excluding carboxylic acids is 2. The Morgan fingerprint density at radius 2 is 1.75 bits per heavy atom. The van der Waals surface area contributed by atoms with E-state index in [4.69, 9.17) is 0 Å². The van der Waals surface area contributed by atoms with Gasteiger partial charge < -0.3 is 10.2 Å². The van der Waals surface area contributed by atoms with Crippen molar-refractivity contribution in [2.45, 2.75) is 27.2 Å². The first-order chi connectivity index (χ1) is 13.5. The van der Waals surface area contributed by atoms with Gasteiger partial charge in [-0.25, -0.2) is 4.68 Å². The number of piperazine rings is 1. The molecule has 3 rings (SSSR count). The van der Waals surface area contributed by atoms with Crippen LogP contribution in [0.3, 0.4) is 0 Å². The zero-order valence-electron chi connectivity index (χ0n) is 16.9. The van der Waals surface area contributed by atoms with Gasteiger partial charge in [0.2, 0.25) is 5.91 Å². The lowest BCUT2D eigenvalue weighted by atomic mass is 10.1. The smallest absolute Gasteiger partial charge is 0.257 e. The van der Waals surface area contributed by atoms with Crippen LogP contribution in [0.2, 0.25) is 0 Å². The summed E-state index contributed by atoms with van der Waals surface area (Å²) in [5, 5.41) is 7.49. The average Bonchev–Trinajstić information content (AvgIpc) is 3.01. The fraction of sp³-hybridized carbons (Fsp3) is 0.476. The second-order valence-corrected chi connectivity index (χ2v) is 7.21. The standard InChI is InChI=1S/C21H29N5O2/c1-4-10-22-19(27)15-24-11-13-25(14-12-24)21(28)20-16(2)23-26(17(20)3)18-8-6-5-7-9-18/h5-9H,4,10-15H2,1-3H3,(H,22,27). The van der Waals surface area contributed by atoms with Crippen molar-refractivity contribution in [3.63, 3.8) is 0 Å². The van der Waals surface area contributed by atoms with Crippen molar-refractivity contribution < 1.29 is 9.59 Å². The number of nitrogens with one attached hydrogen (secondary N) is 1. The fourth-order valence-electron chi connectivity index (χ4n) is 3.56. The van der Waals surface area contributed by atoms with Crippen molar-refractivity contribution in [2.24, 2.45) is 0 Å². The van der Waals surface area contributed by atoms with Crippen LogP contribution in [0.25, 0.3) is 5.69 Å². The molecule has 0 radical (unpaired) electrons. The van der Waals surface area contributed by atoms with Gasteiger partial charge in [0.25, 0.3) is 5.91 Å². The highest BCUT2D eigenvalue weighted by Gasteiger charge is 2.27. The molecule has 2 aromatic rings. The van der Waals surface area contributed by atoms with Crippen LogP contribution in [0.4, 0.5) is 0 Å². The number of aryl methyl sites for hydroxylation is 1. The number of hydrogen-bond acceptors (Lipinski definition) is 4. The molecule has 1 aromatic heterocycles. The number of rotatable bonds is 6. The molecule has 150 valence electrons. The third-order valence-corrected chi connectivity index (χ3v) is 5.10. The fourth-order valence-corrected chi connectivity index (χ4v) is 3.56. The van der Waals surface area contributed by atoms with Crippen LogP contribution in [0.1, 0.15) is 35.1 Å². The lowest BCUT2D eigenvalue weighted by molar-refractivity contribution is -0.122. The zero-order chi connectivity index (χ0) is 20.1. The van der Waals surface area contributed by atoms with E-state index < -0.39 is 0 Å². The minimum Gasteiger partial charge on any atom is -0.355 e. The molecule has 0 saturated carbocycles. The zero-order valence-corrected chi connectivity index (χ0v) is 16.9. The molecule has 1 saturated heterocycles. The SMILES string of the molecule is CCCNC(=O)CN1CCN(C(=O)c2c(C)nn(-c3ccccc3)c2C)CC1. The number of para-hydroxylation sites is 1. The van der Waals surface area contributed by atoms with Crippen LogP contribution in [0.15, 0.2) is 30.3 Å².